The number of H-pyrrole nitrogens is 1. The summed E-state index contributed by atoms with van der Waals surface area (Å²) in [6, 6.07) is 10.3. The summed E-state index contributed by atoms with van der Waals surface area (Å²) >= 11 is 0. The Morgan fingerprint density at radius 1 is 1.26 bits per heavy atom. The number of aryl methyl sites for hydroxylation is 1. The molecule has 0 spiro atoms. The van der Waals surface area contributed by atoms with E-state index in [2.05, 4.69) is 35.3 Å². The Balaban J connectivity index is 1.59. The van der Waals surface area contributed by atoms with Crippen LogP contribution in [0.25, 0.3) is 11.1 Å². The van der Waals surface area contributed by atoms with Gasteiger partial charge in [-0.25, -0.2) is 9.37 Å². The Morgan fingerprint density at radius 2 is 2.03 bits per heavy atom. The highest BCUT2D eigenvalue weighted by Crippen LogP contribution is 2.30. The summed E-state index contributed by atoms with van der Waals surface area (Å²) in [6.07, 6.45) is 0.797. The number of aromatic nitrogens is 2. The van der Waals surface area contributed by atoms with Crippen LogP contribution < -0.4 is 5.73 Å². The van der Waals surface area contributed by atoms with E-state index >= 15 is 0 Å². The smallest absolute Gasteiger partial charge is 0.156 e. The average molecular weight is 418 g/mol. The average Bonchev–Trinajstić information content (AvgIpc) is 3.32. The first-order valence-corrected chi connectivity index (χ1v) is 10.6. The van der Waals surface area contributed by atoms with Crippen LogP contribution in [0, 0.1) is 17.1 Å². The molecule has 2 heterocycles. The first-order chi connectivity index (χ1) is 14.8. The van der Waals surface area contributed by atoms with Gasteiger partial charge in [-0.2, -0.15) is 0 Å². The van der Waals surface area contributed by atoms with Crippen molar-refractivity contribution in [3.8, 4) is 11.1 Å². The minimum atomic E-state index is -0.276. The van der Waals surface area contributed by atoms with Gasteiger partial charge in [-0.15, -0.1) is 0 Å². The summed E-state index contributed by atoms with van der Waals surface area (Å²) in [5, 5.41) is 8.65. The van der Waals surface area contributed by atoms with Gasteiger partial charge in [0, 0.05) is 16.9 Å². The molecule has 0 fully saturated rings. The topological polar surface area (TPSA) is 81.8 Å². The SMILES string of the molecule is C=C(C(C)C)N1Cc2nc(C(=N)c3ccc(-c4cc(F)ccc4CC)cc3N)[nH]c2C1. The number of rotatable bonds is 6. The van der Waals surface area contributed by atoms with Crippen LogP contribution in [0.5, 0.6) is 0 Å². The summed E-state index contributed by atoms with van der Waals surface area (Å²) in [5.74, 6) is 0.618. The number of hydrogen-bond donors (Lipinski definition) is 3. The van der Waals surface area contributed by atoms with Gasteiger partial charge in [0.25, 0.3) is 0 Å². The lowest BCUT2D eigenvalue weighted by Crippen LogP contribution is -2.19. The van der Waals surface area contributed by atoms with E-state index in [1.54, 1.807) is 6.07 Å². The Hall–Kier alpha value is -3.41. The number of nitrogens with one attached hydrogen (secondary N) is 2. The fourth-order valence-electron chi connectivity index (χ4n) is 4.03. The van der Waals surface area contributed by atoms with E-state index in [-0.39, 0.29) is 11.5 Å². The second-order valence-electron chi connectivity index (χ2n) is 8.34. The van der Waals surface area contributed by atoms with Gasteiger partial charge < -0.3 is 15.6 Å². The fraction of sp³-hybridized carbons (Fsp3) is 0.280. The lowest BCUT2D eigenvalue weighted by molar-refractivity contribution is 0.323. The highest BCUT2D eigenvalue weighted by atomic mass is 19.1. The number of hydrogen-bond acceptors (Lipinski definition) is 4. The van der Waals surface area contributed by atoms with E-state index in [9.17, 15) is 4.39 Å². The Morgan fingerprint density at radius 3 is 2.68 bits per heavy atom. The number of nitrogens with two attached hydrogens (primary N) is 1. The van der Waals surface area contributed by atoms with E-state index in [0.29, 0.717) is 29.5 Å². The molecular formula is C25H28FN5. The van der Waals surface area contributed by atoms with Crippen molar-refractivity contribution >= 4 is 11.4 Å². The molecule has 4 N–H and O–H groups in total. The van der Waals surface area contributed by atoms with Crippen molar-refractivity contribution in [1.29, 1.82) is 5.41 Å². The number of anilines is 1. The third kappa shape index (κ3) is 3.85. The van der Waals surface area contributed by atoms with Crippen molar-refractivity contribution in [3.05, 3.63) is 82.8 Å². The molecule has 0 atom stereocenters. The van der Waals surface area contributed by atoms with E-state index in [1.165, 1.54) is 12.1 Å². The summed E-state index contributed by atoms with van der Waals surface area (Å²) < 4.78 is 13.8. The predicted octanol–water partition coefficient (Wildman–Crippen LogP) is 5.26. The van der Waals surface area contributed by atoms with Crippen LogP contribution in [0.3, 0.4) is 0 Å². The molecule has 0 saturated carbocycles. The van der Waals surface area contributed by atoms with Crippen LogP contribution in [0.2, 0.25) is 0 Å². The third-order valence-corrected chi connectivity index (χ3v) is 5.95. The summed E-state index contributed by atoms with van der Waals surface area (Å²) in [5.41, 5.74) is 13.4. The number of aromatic amines is 1. The molecule has 4 rings (SSSR count). The summed E-state index contributed by atoms with van der Waals surface area (Å²) in [4.78, 5) is 10.2. The maximum Gasteiger partial charge on any atom is 0.156 e. The molecule has 5 nitrogen and oxygen atoms in total. The molecule has 3 aromatic rings. The number of halogens is 1. The first-order valence-electron chi connectivity index (χ1n) is 10.6. The summed E-state index contributed by atoms with van der Waals surface area (Å²) in [6.45, 7) is 11.9. The molecule has 0 aliphatic carbocycles. The van der Waals surface area contributed by atoms with Crippen LogP contribution in [0.15, 0.2) is 48.7 Å². The lowest BCUT2D eigenvalue weighted by atomic mass is 9.95. The number of benzene rings is 2. The number of imidazole rings is 1. The molecule has 0 bridgehead atoms. The van der Waals surface area contributed by atoms with Crippen molar-refractivity contribution < 1.29 is 4.39 Å². The molecule has 2 aromatic carbocycles. The monoisotopic (exact) mass is 417 g/mol. The summed E-state index contributed by atoms with van der Waals surface area (Å²) in [7, 11) is 0. The minimum absolute atomic E-state index is 0.252. The number of nitrogen functional groups attached to an aromatic ring is 1. The molecule has 160 valence electrons. The van der Waals surface area contributed by atoms with Crippen molar-refractivity contribution in [1.82, 2.24) is 14.9 Å². The van der Waals surface area contributed by atoms with Crippen molar-refractivity contribution in [2.75, 3.05) is 5.73 Å². The molecule has 1 aromatic heterocycles. The van der Waals surface area contributed by atoms with E-state index in [0.717, 1.165) is 46.7 Å². The van der Waals surface area contributed by atoms with Crippen LogP contribution in [-0.2, 0) is 19.5 Å². The van der Waals surface area contributed by atoms with Crippen LogP contribution in [0.1, 0.15) is 49.1 Å². The molecular weight excluding hydrogens is 389 g/mol. The van der Waals surface area contributed by atoms with Gasteiger partial charge in [-0.1, -0.05) is 45.5 Å². The zero-order chi connectivity index (χ0) is 22.3. The molecule has 0 amide bonds. The minimum Gasteiger partial charge on any atom is -0.398 e. The van der Waals surface area contributed by atoms with Gasteiger partial charge in [0.1, 0.15) is 11.5 Å². The van der Waals surface area contributed by atoms with E-state index in [4.69, 9.17) is 11.1 Å². The zero-order valence-corrected chi connectivity index (χ0v) is 18.2. The van der Waals surface area contributed by atoms with Gasteiger partial charge in [0.2, 0.25) is 0 Å². The molecule has 0 saturated heterocycles. The lowest BCUT2D eigenvalue weighted by Gasteiger charge is -2.23. The number of nitrogens with zero attached hydrogens (tertiary/aromatic N) is 2. The molecule has 6 heteroatoms. The number of fused-ring (bicyclic) bond motifs is 1. The van der Waals surface area contributed by atoms with E-state index in [1.807, 2.05) is 25.1 Å². The van der Waals surface area contributed by atoms with Crippen LogP contribution in [0.4, 0.5) is 10.1 Å². The maximum atomic E-state index is 13.8. The fourth-order valence-corrected chi connectivity index (χ4v) is 4.03. The van der Waals surface area contributed by atoms with Gasteiger partial charge >= 0.3 is 0 Å². The molecule has 0 radical (unpaired) electrons. The van der Waals surface area contributed by atoms with Crippen molar-refractivity contribution in [2.24, 2.45) is 5.92 Å². The number of allylic oxidation sites excluding steroid dienone is 1. The maximum absolute atomic E-state index is 13.8. The molecule has 1 aliphatic heterocycles. The highest BCUT2D eigenvalue weighted by molar-refractivity contribution is 6.12. The van der Waals surface area contributed by atoms with Crippen LogP contribution in [-0.4, -0.2) is 20.6 Å². The first kappa shape index (κ1) is 20.8. The molecule has 0 unspecified atom stereocenters. The quantitative estimate of drug-likeness (QED) is 0.378. The highest BCUT2D eigenvalue weighted by Gasteiger charge is 2.26. The van der Waals surface area contributed by atoms with Crippen molar-refractivity contribution in [3.63, 3.8) is 0 Å². The third-order valence-electron chi connectivity index (χ3n) is 5.95. The normalized spacial score (nSPS) is 13.0. The predicted molar refractivity (Wildman–Crippen MR) is 123 cm³/mol. The van der Waals surface area contributed by atoms with Gasteiger partial charge in [0.15, 0.2) is 5.82 Å². The second-order valence-corrected chi connectivity index (χ2v) is 8.34. The molecule has 31 heavy (non-hydrogen) atoms. The van der Waals surface area contributed by atoms with Crippen molar-refractivity contribution in [2.45, 2.75) is 40.3 Å². The largest absolute Gasteiger partial charge is 0.398 e. The molecule has 1 aliphatic rings. The Bertz CT molecular complexity index is 1150. The standard InChI is InChI=1S/C25H28FN5/c1-5-16-6-8-18(26)11-20(16)17-7-9-19(21(27)10-17)24(28)25-29-22-12-31(13-23(22)30-25)15(4)14(2)3/h6-11,14,28H,4-5,12-13,27H2,1-3H3,(H,29,30). The van der Waals surface area contributed by atoms with Crippen LogP contribution >= 0.6 is 0 Å². The van der Waals surface area contributed by atoms with Gasteiger partial charge in [-0.3, -0.25) is 5.41 Å². The second kappa shape index (κ2) is 8.02. The Kier molecular flexibility index (Phi) is 5.39. The Labute approximate surface area is 182 Å². The van der Waals surface area contributed by atoms with E-state index < -0.39 is 0 Å². The zero-order valence-electron chi connectivity index (χ0n) is 18.2. The van der Waals surface area contributed by atoms with Gasteiger partial charge in [-0.05, 0) is 47.2 Å². The van der Waals surface area contributed by atoms with Gasteiger partial charge in [0.05, 0.1) is 24.5 Å².